The molecule has 1 aromatic heterocycles. The molecule has 21 heavy (non-hydrogen) atoms. The molecule has 6 heteroatoms. The minimum Gasteiger partial charge on any atom is -0.396 e. The minimum absolute atomic E-state index is 0.0108. The van der Waals surface area contributed by atoms with Crippen molar-refractivity contribution in [3.05, 3.63) is 11.4 Å². The Hall–Kier alpha value is -1.40. The zero-order chi connectivity index (χ0) is 15.6. The molecule has 0 saturated carbocycles. The average Bonchev–Trinajstić information content (AvgIpc) is 2.73. The maximum Gasteiger partial charge on any atom is 0.241 e. The van der Waals surface area contributed by atoms with Crippen LogP contribution in [0.5, 0.6) is 0 Å². The second kappa shape index (κ2) is 6.58. The first-order chi connectivity index (χ1) is 9.93. The van der Waals surface area contributed by atoms with Crippen LogP contribution in [0.2, 0.25) is 0 Å². The number of hydrogen-bond donors (Lipinski definition) is 2. The fraction of sp³-hybridized carbons (Fsp3) is 0.733. The van der Waals surface area contributed by atoms with Gasteiger partial charge in [0.1, 0.15) is 0 Å². The Bertz CT molecular complexity index is 504. The van der Waals surface area contributed by atoms with Crippen LogP contribution >= 0.6 is 0 Å². The number of anilines is 1. The molecule has 0 spiro atoms. The summed E-state index contributed by atoms with van der Waals surface area (Å²) in [6.45, 7) is 7.78. The standard InChI is InChI=1S/C15H26N4O2/c1-10-14(11(2)18(4)17-10)16-15(21)12(3)19-7-5-13(9-20)6-8-19/h12-13,20H,5-9H2,1-4H3,(H,16,21)/t12-/m0/s1. The number of likely N-dealkylation sites (tertiary alicyclic amines) is 1. The van der Waals surface area contributed by atoms with E-state index < -0.39 is 0 Å². The van der Waals surface area contributed by atoms with Crippen LogP contribution < -0.4 is 5.32 Å². The summed E-state index contributed by atoms with van der Waals surface area (Å²) < 4.78 is 1.78. The number of aromatic nitrogens is 2. The molecule has 1 amide bonds. The fourth-order valence-electron chi connectivity index (χ4n) is 2.87. The van der Waals surface area contributed by atoms with E-state index in [0.717, 1.165) is 43.0 Å². The van der Waals surface area contributed by atoms with Crippen molar-refractivity contribution >= 4 is 11.6 Å². The zero-order valence-corrected chi connectivity index (χ0v) is 13.4. The number of aliphatic hydroxyl groups is 1. The van der Waals surface area contributed by atoms with E-state index in [1.54, 1.807) is 4.68 Å². The summed E-state index contributed by atoms with van der Waals surface area (Å²) in [6, 6.07) is -0.163. The Labute approximate surface area is 126 Å². The molecule has 1 atom stereocenters. The quantitative estimate of drug-likeness (QED) is 0.871. The number of rotatable bonds is 4. The number of carbonyl (C=O) groups excluding carboxylic acids is 1. The topological polar surface area (TPSA) is 70.4 Å². The van der Waals surface area contributed by atoms with Gasteiger partial charge in [-0.1, -0.05) is 0 Å². The molecule has 0 unspecified atom stereocenters. The molecule has 0 bridgehead atoms. The predicted octanol–water partition coefficient (Wildman–Crippen LogP) is 1.07. The monoisotopic (exact) mass is 294 g/mol. The SMILES string of the molecule is Cc1nn(C)c(C)c1NC(=O)[C@H](C)N1CCC(CO)CC1. The van der Waals surface area contributed by atoms with Crippen LogP contribution in [0.3, 0.4) is 0 Å². The van der Waals surface area contributed by atoms with E-state index in [1.165, 1.54) is 0 Å². The first kappa shape index (κ1) is 16.0. The van der Waals surface area contributed by atoms with E-state index in [9.17, 15) is 9.90 Å². The van der Waals surface area contributed by atoms with E-state index in [-0.39, 0.29) is 18.6 Å². The van der Waals surface area contributed by atoms with Gasteiger partial charge in [-0.25, -0.2) is 0 Å². The summed E-state index contributed by atoms with van der Waals surface area (Å²) in [4.78, 5) is 14.6. The molecule has 1 aliphatic rings. The number of carbonyl (C=O) groups is 1. The number of hydrogen-bond acceptors (Lipinski definition) is 4. The molecule has 0 radical (unpaired) electrons. The van der Waals surface area contributed by atoms with Crippen molar-refractivity contribution in [2.24, 2.45) is 13.0 Å². The number of aliphatic hydroxyl groups excluding tert-OH is 1. The lowest BCUT2D eigenvalue weighted by Crippen LogP contribution is -2.46. The van der Waals surface area contributed by atoms with Gasteiger partial charge in [0.05, 0.1) is 23.1 Å². The van der Waals surface area contributed by atoms with Gasteiger partial charge < -0.3 is 10.4 Å². The van der Waals surface area contributed by atoms with Gasteiger partial charge >= 0.3 is 0 Å². The van der Waals surface area contributed by atoms with Gasteiger partial charge in [-0.2, -0.15) is 5.10 Å². The summed E-state index contributed by atoms with van der Waals surface area (Å²) >= 11 is 0. The van der Waals surface area contributed by atoms with Crippen LogP contribution in [0.15, 0.2) is 0 Å². The first-order valence-electron chi connectivity index (χ1n) is 7.60. The first-order valence-corrected chi connectivity index (χ1v) is 7.60. The van der Waals surface area contributed by atoms with Crippen molar-refractivity contribution < 1.29 is 9.90 Å². The van der Waals surface area contributed by atoms with Crippen LogP contribution in [0, 0.1) is 19.8 Å². The minimum atomic E-state index is -0.163. The highest BCUT2D eigenvalue weighted by Gasteiger charge is 2.27. The summed E-state index contributed by atoms with van der Waals surface area (Å²) in [5.74, 6) is 0.399. The third-order valence-corrected chi connectivity index (χ3v) is 4.59. The lowest BCUT2D eigenvalue weighted by Gasteiger charge is -2.34. The van der Waals surface area contributed by atoms with Gasteiger partial charge in [0.25, 0.3) is 0 Å². The highest BCUT2D eigenvalue weighted by Crippen LogP contribution is 2.21. The van der Waals surface area contributed by atoms with Gasteiger partial charge in [0, 0.05) is 13.7 Å². The Morgan fingerprint density at radius 1 is 1.43 bits per heavy atom. The van der Waals surface area contributed by atoms with Gasteiger partial charge in [-0.05, 0) is 52.6 Å². The van der Waals surface area contributed by atoms with Crippen molar-refractivity contribution in [2.45, 2.75) is 39.7 Å². The van der Waals surface area contributed by atoms with Crippen molar-refractivity contribution in [3.8, 4) is 0 Å². The number of nitrogens with zero attached hydrogens (tertiary/aromatic N) is 3. The number of aryl methyl sites for hydroxylation is 2. The summed E-state index contributed by atoms with van der Waals surface area (Å²) in [7, 11) is 1.88. The molecule has 0 aromatic carbocycles. The summed E-state index contributed by atoms with van der Waals surface area (Å²) in [6.07, 6.45) is 1.91. The predicted molar refractivity (Wildman–Crippen MR) is 82.2 cm³/mol. The largest absolute Gasteiger partial charge is 0.396 e. The number of nitrogens with one attached hydrogen (secondary N) is 1. The van der Waals surface area contributed by atoms with Gasteiger partial charge in [0.15, 0.2) is 0 Å². The molecule has 0 aliphatic carbocycles. The second-order valence-electron chi connectivity index (χ2n) is 6.00. The Kier molecular flexibility index (Phi) is 5.00. The van der Waals surface area contributed by atoms with E-state index in [0.29, 0.717) is 5.92 Å². The van der Waals surface area contributed by atoms with Crippen LogP contribution in [0.25, 0.3) is 0 Å². The molecule has 1 aromatic rings. The molecule has 2 rings (SSSR count). The normalized spacial score (nSPS) is 18.7. The Morgan fingerprint density at radius 3 is 2.52 bits per heavy atom. The maximum atomic E-state index is 12.4. The van der Waals surface area contributed by atoms with Gasteiger partial charge in [0.2, 0.25) is 5.91 Å². The molecular weight excluding hydrogens is 268 g/mol. The maximum absolute atomic E-state index is 12.4. The zero-order valence-electron chi connectivity index (χ0n) is 13.4. The Morgan fingerprint density at radius 2 is 2.05 bits per heavy atom. The summed E-state index contributed by atoms with van der Waals surface area (Å²) in [5, 5.41) is 16.5. The van der Waals surface area contributed by atoms with Crippen molar-refractivity contribution in [1.82, 2.24) is 14.7 Å². The molecule has 1 fully saturated rings. The molecular formula is C15H26N4O2. The van der Waals surface area contributed by atoms with Crippen LogP contribution in [0.1, 0.15) is 31.2 Å². The van der Waals surface area contributed by atoms with Crippen molar-refractivity contribution in [1.29, 1.82) is 0 Å². The smallest absolute Gasteiger partial charge is 0.241 e. The van der Waals surface area contributed by atoms with E-state index in [2.05, 4.69) is 15.3 Å². The van der Waals surface area contributed by atoms with Crippen molar-refractivity contribution in [2.75, 3.05) is 25.0 Å². The average molecular weight is 294 g/mol. The number of amides is 1. The van der Waals surface area contributed by atoms with Crippen LogP contribution in [0.4, 0.5) is 5.69 Å². The molecule has 1 aliphatic heterocycles. The van der Waals surface area contributed by atoms with E-state index in [4.69, 9.17) is 0 Å². The summed E-state index contributed by atoms with van der Waals surface area (Å²) in [5.41, 5.74) is 2.63. The molecule has 118 valence electrons. The fourth-order valence-corrected chi connectivity index (χ4v) is 2.87. The van der Waals surface area contributed by atoms with Gasteiger partial charge in [-0.15, -0.1) is 0 Å². The lowest BCUT2D eigenvalue weighted by molar-refractivity contribution is -0.121. The van der Waals surface area contributed by atoms with Gasteiger partial charge in [-0.3, -0.25) is 14.4 Å². The Balaban J connectivity index is 1.97. The second-order valence-corrected chi connectivity index (χ2v) is 6.00. The van der Waals surface area contributed by atoms with Crippen LogP contribution in [-0.2, 0) is 11.8 Å². The molecule has 2 N–H and O–H groups in total. The highest BCUT2D eigenvalue weighted by atomic mass is 16.3. The van der Waals surface area contributed by atoms with Crippen molar-refractivity contribution in [3.63, 3.8) is 0 Å². The molecule has 2 heterocycles. The highest BCUT2D eigenvalue weighted by molar-refractivity contribution is 5.95. The lowest BCUT2D eigenvalue weighted by atomic mass is 9.97. The molecule has 6 nitrogen and oxygen atoms in total. The third-order valence-electron chi connectivity index (χ3n) is 4.59. The number of piperidine rings is 1. The third kappa shape index (κ3) is 3.44. The van der Waals surface area contributed by atoms with Crippen LogP contribution in [-0.4, -0.2) is 51.4 Å². The molecule has 1 saturated heterocycles. The van der Waals surface area contributed by atoms with E-state index >= 15 is 0 Å². The van der Waals surface area contributed by atoms with E-state index in [1.807, 2.05) is 27.8 Å².